The number of aliphatic carboxylic acids is 1. The fourth-order valence-corrected chi connectivity index (χ4v) is 1.96. The summed E-state index contributed by atoms with van der Waals surface area (Å²) >= 11 is 0. The van der Waals surface area contributed by atoms with Crippen LogP contribution in [0.15, 0.2) is 41.2 Å². The van der Waals surface area contributed by atoms with Crippen molar-refractivity contribution in [1.29, 1.82) is 0 Å². The topological polar surface area (TPSA) is 70.2 Å². The maximum Gasteiger partial charge on any atom is 0.328 e. The molecular weight excluding hydrogens is 254 g/mol. The Morgan fingerprint density at radius 3 is 2.60 bits per heavy atom. The van der Waals surface area contributed by atoms with Crippen molar-refractivity contribution in [2.24, 2.45) is 0 Å². The van der Waals surface area contributed by atoms with Gasteiger partial charge in [-0.3, -0.25) is 4.79 Å². The Labute approximate surface area is 116 Å². The highest BCUT2D eigenvalue weighted by atomic mass is 16.4. The molecule has 20 heavy (non-hydrogen) atoms. The number of aryl methyl sites for hydroxylation is 2. The van der Waals surface area contributed by atoms with Crippen LogP contribution in [0.25, 0.3) is 17.3 Å². The van der Waals surface area contributed by atoms with E-state index in [1.165, 1.54) is 6.08 Å². The second kappa shape index (κ2) is 5.57. The summed E-state index contributed by atoms with van der Waals surface area (Å²) in [7, 11) is 0. The van der Waals surface area contributed by atoms with Crippen LogP contribution in [0.5, 0.6) is 0 Å². The van der Waals surface area contributed by atoms with Gasteiger partial charge in [0.25, 0.3) is 5.56 Å². The normalized spacial score (nSPS) is 10.9. The minimum absolute atomic E-state index is 0.305. The number of aromatic amines is 1. The summed E-state index contributed by atoms with van der Waals surface area (Å²) in [6.45, 7) is 3.97. The highest BCUT2D eigenvalue weighted by molar-refractivity contribution is 5.85. The number of carbonyl (C=O) groups is 1. The fourth-order valence-electron chi connectivity index (χ4n) is 1.96. The van der Waals surface area contributed by atoms with Crippen LogP contribution in [0.1, 0.15) is 16.7 Å². The van der Waals surface area contributed by atoms with Crippen LogP contribution < -0.4 is 5.56 Å². The zero-order chi connectivity index (χ0) is 14.7. The van der Waals surface area contributed by atoms with Crippen LogP contribution in [-0.4, -0.2) is 16.1 Å². The van der Waals surface area contributed by atoms with Crippen molar-refractivity contribution in [3.05, 3.63) is 63.5 Å². The second-order valence-electron chi connectivity index (χ2n) is 4.65. The number of rotatable bonds is 3. The van der Waals surface area contributed by atoms with Gasteiger partial charge in [-0.1, -0.05) is 17.7 Å². The molecule has 1 heterocycles. The molecule has 2 aromatic rings. The molecular formula is C16H15NO3. The van der Waals surface area contributed by atoms with Crippen LogP contribution >= 0.6 is 0 Å². The number of carboxylic acids is 1. The van der Waals surface area contributed by atoms with Gasteiger partial charge >= 0.3 is 5.97 Å². The molecule has 102 valence electrons. The Morgan fingerprint density at radius 2 is 1.95 bits per heavy atom. The SMILES string of the molecule is Cc1ccc(C)c(-c2ccc(/C=C/C(=O)O)c(=O)[nH]2)c1. The maximum absolute atomic E-state index is 11.9. The van der Waals surface area contributed by atoms with E-state index in [9.17, 15) is 9.59 Å². The number of pyridine rings is 1. The molecule has 0 fully saturated rings. The first-order chi connectivity index (χ1) is 9.47. The van der Waals surface area contributed by atoms with Gasteiger partial charge < -0.3 is 10.1 Å². The minimum Gasteiger partial charge on any atom is -0.478 e. The first-order valence-electron chi connectivity index (χ1n) is 6.19. The number of H-pyrrole nitrogens is 1. The third-order valence-electron chi connectivity index (χ3n) is 3.03. The van der Waals surface area contributed by atoms with Crippen molar-refractivity contribution >= 4 is 12.0 Å². The molecule has 0 amide bonds. The minimum atomic E-state index is -1.08. The molecule has 2 N–H and O–H groups in total. The first kappa shape index (κ1) is 13.8. The molecule has 0 aliphatic carbocycles. The van der Waals surface area contributed by atoms with Crippen molar-refractivity contribution in [1.82, 2.24) is 4.98 Å². The monoisotopic (exact) mass is 269 g/mol. The lowest BCUT2D eigenvalue weighted by molar-refractivity contribution is -0.131. The predicted molar refractivity (Wildman–Crippen MR) is 78.6 cm³/mol. The fraction of sp³-hybridized carbons (Fsp3) is 0.125. The van der Waals surface area contributed by atoms with Gasteiger partial charge in [-0.15, -0.1) is 0 Å². The van der Waals surface area contributed by atoms with E-state index in [1.54, 1.807) is 12.1 Å². The van der Waals surface area contributed by atoms with Crippen molar-refractivity contribution in [3.63, 3.8) is 0 Å². The molecule has 0 saturated carbocycles. The van der Waals surface area contributed by atoms with E-state index in [4.69, 9.17) is 5.11 Å². The number of nitrogens with one attached hydrogen (secondary N) is 1. The van der Waals surface area contributed by atoms with Crippen molar-refractivity contribution in [2.75, 3.05) is 0 Å². The van der Waals surface area contributed by atoms with Gasteiger partial charge in [0.2, 0.25) is 0 Å². The predicted octanol–water partition coefficient (Wildman–Crippen LogP) is 2.76. The van der Waals surface area contributed by atoms with E-state index in [0.717, 1.165) is 28.5 Å². The molecule has 0 atom stereocenters. The van der Waals surface area contributed by atoms with E-state index >= 15 is 0 Å². The maximum atomic E-state index is 11.9. The molecule has 0 bridgehead atoms. The molecule has 0 aliphatic rings. The summed E-state index contributed by atoms with van der Waals surface area (Å²) in [6, 6.07) is 9.43. The van der Waals surface area contributed by atoms with E-state index in [0.29, 0.717) is 5.56 Å². The Hall–Kier alpha value is -2.62. The summed E-state index contributed by atoms with van der Waals surface area (Å²) in [5.74, 6) is -1.08. The van der Waals surface area contributed by atoms with Crippen molar-refractivity contribution in [2.45, 2.75) is 13.8 Å². The third kappa shape index (κ3) is 3.03. The quantitative estimate of drug-likeness (QED) is 0.842. The molecule has 0 saturated heterocycles. The van der Waals surface area contributed by atoms with Crippen LogP contribution in [-0.2, 0) is 4.79 Å². The average Bonchev–Trinajstić information content (AvgIpc) is 2.40. The molecule has 1 aromatic carbocycles. The van der Waals surface area contributed by atoms with E-state index in [1.807, 2.05) is 32.0 Å². The van der Waals surface area contributed by atoms with Crippen molar-refractivity contribution < 1.29 is 9.90 Å². The molecule has 2 rings (SSSR count). The highest BCUT2D eigenvalue weighted by Crippen LogP contribution is 2.21. The van der Waals surface area contributed by atoms with Gasteiger partial charge in [-0.25, -0.2) is 4.79 Å². The largest absolute Gasteiger partial charge is 0.478 e. The smallest absolute Gasteiger partial charge is 0.328 e. The van der Waals surface area contributed by atoms with Crippen LogP contribution in [0.2, 0.25) is 0 Å². The molecule has 0 aliphatic heterocycles. The zero-order valence-electron chi connectivity index (χ0n) is 11.3. The second-order valence-corrected chi connectivity index (χ2v) is 4.65. The summed E-state index contributed by atoms with van der Waals surface area (Å²) in [5, 5.41) is 8.57. The van der Waals surface area contributed by atoms with E-state index in [2.05, 4.69) is 4.98 Å². The van der Waals surface area contributed by atoms with Crippen molar-refractivity contribution in [3.8, 4) is 11.3 Å². The Morgan fingerprint density at radius 1 is 1.20 bits per heavy atom. The lowest BCUT2D eigenvalue weighted by Crippen LogP contribution is -2.10. The highest BCUT2D eigenvalue weighted by Gasteiger charge is 2.05. The Kier molecular flexibility index (Phi) is 3.84. The Bertz CT molecular complexity index is 742. The summed E-state index contributed by atoms with van der Waals surface area (Å²) in [6.07, 6.45) is 2.23. The number of benzene rings is 1. The number of aromatic nitrogens is 1. The first-order valence-corrected chi connectivity index (χ1v) is 6.19. The third-order valence-corrected chi connectivity index (χ3v) is 3.03. The van der Waals surface area contributed by atoms with Crippen LogP contribution in [0.3, 0.4) is 0 Å². The molecule has 4 heteroatoms. The molecule has 0 radical (unpaired) electrons. The Balaban J connectivity index is 2.46. The molecule has 1 aromatic heterocycles. The van der Waals surface area contributed by atoms with E-state index < -0.39 is 5.97 Å². The van der Waals surface area contributed by atoms with Gasteiger partial charge in [0, 0.05) is 22.9 Å². The molecule has 4 nitrogen and oxygen atoms in total. The summed E-state index contributed by atoms with van der Waals surface area (Å²) in [4.78, 5) is 25.2. The summed E-state index contributed by atoms with van der Waals surface area (Å²) < 4.78 is 0. The van der Waals surface area contributed by atoms with Gasteiger partial charge in [0.1, 0.15) is 0 Å². The van der Waals surface area contributed by atoms with Crippen LogP contribution in [0, 0.1) is 13.8 Å². The number of hydrogen-bond acceptors (Lipinski definition) is 2. The molecule has 0 spiro atoms. The van der Waals surface area contributed by atoms with E-state index in [-0.39, 0.29) is 5.56 Å². The van der Waals surface area contributed by atoms with Gasteiger partial charge in [0.05, 0.1) is 0 Å². The lowest BCUT2D eigenvalue weighted by atomic mass is 10.0. The van der Waals surface area contributed by atoms with Crippen LogP contribution in [0.4, 0.5) is 0 Å². The zero-order valence-corrected chi connectivity index (χ0v) is 11.3. The number of hydrogen-bond donors (Lipinski definition) is 2. The standard InChI is InChI=1S/C16H15NO3/c1-10-3-4-11(2)13(9-10)14-7-5-12(16(20)17-14)6-8-15(18)19/h3-9H,1-2H3,(H,17,20)(H,18,19)/b8-6+. The van der Waals surface area contributed by atoms with Gasteiger partial charge in [0.15, 0.2) is 0 Å². The number of carboxylic acid groups (broad SMARTS) is 1. The van der Waals surface area contributed by atoms with Gasteiger partial charge in [-0.05, 0) is 43.7 Å². The summed E-state index contributed by atoms with van der Waals surface area (Å²) in [5.41, 5.74) is 3.89. The van der Waals surface area contributed by atoms with Gasteiger partial charge in [-0.2, -0.15) is 0 Å². The average molecular weight is 269 g/mol. The lowest BCUT2D eigenvalue weighted by Gasteiger charge is -2.07. The molecule has 0 unspecified atom stereocenters.